The molecule has 2 atom stereocenters. The van der Waals surface area contributed by atoms with Crippen LogP contribution in [0.25, 0.3) is 0 Å². The molecule has 16 heavy (non-hydrogen) atoms. The smallest absolute Gasteiger partial charge is 0.282 e. The number of hydrogen-bond acceptors (Lipinski definition) is 3. The van der Waals surface area contributed by atoms with Gasteiger partial charge in [0, 0.05) is 26.2 Å². The van der Waals surface area contributed by atoms with Crippen LogP contribution in [0.3, 0.4) is 0 Å². The summed E-state index contributed by atoms with van der Waals surface area (Å²) in [5.41, 5.74) is 0. The molecule has 6 heteroatoms. The molecule has 0 amide bonds. The molecule has 1 saturated heterocycles. The lowest BCUT2D eigenvalue weighted by molar-refractivity contribution is 0.0581. The largest absolute Gasteiger partial charge is 0.391 e. The Bertz CT molecular complexity index is 329. The van der Waals surface area contributed by atoms with Crippen molar-refractivity contribution in [2.24, 2.45) is 5.92 Å². The van der Waals surface area contributed by atoms with E-state index in [4.69, 9.17) is 0 Å². The summed E-state index contributed by atoms with van der Waals surface area (Å²) in [7, 11) is -1.84. The molecular formula is C10H22N2O3S. The first-order valence-electron chi connectivity index (χ1n) is 5.68. The number of aliphatic hydroxyl groups is 1. The maximum absolute atomic E-state index is 12.1. The van der Waals surface area contributed by atoms with Crippen molar-refractivity contribution in [2.75, 3.05) is 20.1 Å². The fourth-order valence-electron chi connectivity index (χ4n) is 1.68. The molecule has 0 aromatic heterocycles. The average Bonchev–Trinajstić information content (AvgIpc) is 2.20. The van der Waals surface area contributed by atoms with Gasteiger partial charge >= 0.3 is 0 Å². The van der Waals surface area contributed by atoms with Crippen molar-refractivity contribution < 1.29 is 13.5 Å². The number of nitrogens with zero attached hydrogens (tertiary/aromatic N) is 2. The molecule has 0 bridgehead atoms. The van der Waals surface area contributed by atoms with Crippen LogP contribution in [0.2, 0.25) is 0 Å². The third-order valence-corrected chi connectivity index (χ3v) is 5.43. The Hall–Kier alpha value is -0.170. The Morgan fingerprint density at radius 2 is 2.00 bits per heavy atom. The first-order chi connectivity index (χ1) is 7.26. The second kappa shape index (κ2) is 5.00. The van der Waals surface area contributed by atoms with Gasteiger partial charge in [-0.3, -0.25) is 0 Å². The predicted molar refractivity (Wildman–Crippen MR) is 63.2 cm³/mol. The molecule has 2 unspecified atom stereocenters. The van der Waals surface area contributed by atoms with E-state index in [1.54, 1.807) is 7.05 Å². The molecule has 96 valence electrons. The van der Waals surface area contributed by atoms with Gasteiger partial charge in [-0.2, -0.15) is 17.0 Å². The number of hydrogen-bond donors (Lipinski definition) is 1. The second-order valence-electron chi connectivity index (χ2n) is 4.81. The Morgan fingerprint density at radius 1 is 1.44 bits per heavy atom. The van der Waals surface area contributed by atoms with E-state index < -0.39 is 16.3 Å². The predicted octanol–water partition coefficient (Wildman–Crippen LogP) is 0.274. The fourth-order valence-corrected chi connectivity index (χ4v) is 3.25. The molecule has 0 saturated carbocycles. The number of β-amino-alcohol motifs (C(OH)–C–C–N with tert-alkyl or cyclic N) is 1. The van der Waals surface area contributed by atoms with Gasteiger partial charge in [0.05, 0.1) is 6.10 Å². The second-order valence-corrected chi connectivity index (χ2v) is 6.80. The Labute approximate surface area is 98.2 Å². The third kappa shape index (κ3) is 2.74. The molecule has 0 aliphatic carbocycles. The number of piperidine rings is 1. The van der Waals surface area contributed by atoms with Crippen LogP contribution in [0.4, 0.5) is 0 Å². The normalized spacial score (nSPS) is 28.9. The van der Waals surface area contributed by atoms with Crippen molar-refractivity contribution in [3.63, 3.8) is 0 Å². The highest BCUT2D eigenvalue weighted by molar-refractivity contribution is 7.86. The zero-order valence-corrected chi connectivity index (χ0v) is 11.2. The van der Waals surface area contributed by atoms with Crippen LogP contribution in [-0.2, 0) is 10.2 Å². The summed E-state index contributed by atoms with van der Waals surface area (Å²) in [6.07, 6.45) is 0.163. The summed E-state index contributed by atoms with van der Waals surface area (Å²) < 4.78 is 27.0. The van der Waals surface area contributed by atoms with E-state index in [0.29, 0.717) is 13.0 Å². The number of aliphatic hydroxyl groups excluding tert-OH is 1. The first-order valence-corrected chi connectivity index (χ1v) is 7.07. The summed E-state index contributed by atoms with van der Waals surface area (Å²) in [6, 6.07) is -0.0681. The standard InChI is InChI=1S/C10H22N2O3S/c1-8(2)11(4)16(14,15)12-6-5-9(3)10(13)7-12/h8-10,13H,5-7H2,1-4H3. The summed E-state index contributed by atoms with van der Waals surface area (Å²) in [5.74, 6) is 0.177. The molecule has 1 N–H and O–H groups in total. The van der Waals surface area contributed by atoms with Gasteiger partial charge < -0.3 is 5.11 Å². The minimum absolute atomic E-state index is 0.0681. The van der Waals surface area contributed by atoms with Gasteiger partial charge in [-0.05, 0) is 26.2 Å². The third-order valence-electron chi connectivity index (χ3n) is 3.30. The van der Waals surface area contributed by atoms with Crippen molar-refractivity contribution in [3.05, 3.63) is 0 Å². The molecule has 1 aliphatic heterocycles. The average molecular weight is 250 g/mol. The van der Waals surface area contributed by atoms with Crippen molar-refractivity contribution in [1.29, 1.82) is 0 Å². The lowest BCUT2D eigenvalue weighted by atomic mass is 9.98. The van der Waals surface area contributed by atoms with Gasteiger partial charge in [-0.25, -0.2) is 0 Å². The highest BCUT2D eigenvalue weighted by Gasteiger charge is 2.34. The van der Waals surface area contributed by atoms with Crippen LogP contribution >= 0.6 is 0 Å². The molecule has 1 aliphatic rings. The molecule has 1 fully saturated rings. The molecular weight excluding hydrogens is 228 g/mol. The minimum Gasteiger partial charge on any atom is -0.391 e. The van der Waals surface area contributed by atoms with Crippen LogP contribution in [0.1, 0.15) is 27.2 Å². The van der Waals surface area contributed by atoms with Crippen LogP contribution in [0.15, 0.2) is 0 Å². The summed E-state index contributed by atoms with van der Waals surface area (Å²) in [6.45, 7) is 6.32. The molecule has 5 nitrogen and oxygen atoms in total. The van der Waals surface area contributed by atoms with Crippen molar-refractivity contribution in [1.82, 2.24) is 8.61 Å². The van der Waals surface area contributed by atoms with Crippen molar-refractivity contribution >= 4 is 10.2 Å². The van der Waals surface area contributed by atoms with Crippen molar-refractivity contribution in [2.45, 2.75) is 39.3 Å². The summed E-state index contributed by atoms with van der Waals surface area (Å²) in [5, 5.41) is 9.71. The van der Waals surface area contributed by atoms with E-state index in [2.05, 4.69) is 0 Å². The lowest BCUT2D eigenvalue weighted by Crippen LogP contribution is -2.51. The molecule has 0 spiro atoms. The van der Waals surface area contributed by atoms with Crippen LogP contribution in [-0.4, -0.2) is 54.4 Å². The quantitative estimate of drug-likeness (QED) is 0.782. The van der Waals surface area contributed by atoms with Gasteiger partial charge in [0.2, 0.25) is 0 Å². The molecule has 1 rings (SSSR count). The Balaban J connectivity index is 2.78. The van der Waals surface area contributed by atoms with Crippen LogP contribution in [0, 0.1) is 5.92 Å². The van der Waals surface area contributed by atoms with E-state index >= 15 is 0 Å². The van der Waals surface area contributed by atoms with Gasteiger partial charge in [-0.1, -0.05) is 6.92 Å². The zero-order valence-electron chi connectivity index (χ0n) is 10.4. The maximum atomic E-state index is 12.1. The lowest BCUT2D eigenvalue weighted by Gasteiger charge is -2.36. The molecule has 0 aromatic rings. The Morgan fingerprint density at radius 3 is 2.44 bits per heavy atom. The summed E-state index contributed by atoms with van der Waals surface area (Å²) >= 11 is 0. The first kappa shape index (κ1) is 13.9. The van der Waals surface area contributed by atoms with Crippen LogP contribution in [0.5, 0.6) is 0 Å². The van der Waals surface area contributed by atoms with E-state index in [0.717, 1.165) is 0 Å². The van der Waals surface area contributed by atoms with E-state index in [-0.39, 0.29) is 18.5 Å². The topological polar surface area (TPSA) is 60.9 Å². The molecule has 0 aromatic carbocycles. The van der Waals surface area contributed by atoms with Gasteiger partial charge in [0.25, 0.3) is 10.2 Å². The zero-order chi connectivity index (χ0) is 12.5. The van der Waals surface area contributed by atoms with Gasteiger partial charge in [0.1, 0.15) is 0 Å². The SMILES string of the molecule is CC1CCN(S(=O)(=O)N(C)C(C)C)CC1O. The summed E-state index contributed by atoms with van der Waals surface area (Å²) in [4.78, 5) is 0. The van der Waals surface area contributed by atoms with E-state index in [1.807, 2.05) is 20.8 Å². The molecule has 1 heterocycles. The highest BCUT2D eigenvalue weighted by atomic mass is 32.2. The maximum Gasteiger partial charge on any atom is 0.282 e. The van der Waals surface area contributed by atoms with Gasteiger partial charge in [-0.15, -0.1) is 0 Å². The number of rotatable bonds is 3. The molecule has 0 radical (unpaired) electrons. The van der Waals surface area contributed by atoms with Crippen molar-refractivity contribution in [3.8, 4) is 0 Å². The Kier molecular flexibility index (Phi) is 4.34. The van der Waals surface area contributed by atoms with Gasteiger partial charge in [0.15, 0.2) is 0 Å². The van der Waals surface area contributed by atoms with E-state index in [9.17, 15) is 13.5 Å². The fraction of sp³-hybridized carbons (Fsp3) is 1.00. The minimum atomic E-state index is -3.41. The highest BCUT2D eigenvalue weighted by Crippen LogP contribution is 2.21. The van der Waals surface area contributed by atoms with Crippen LogP contribution < -0.4 is 0 Å². The van der Waals surface area contributed by atoms with E-state index in [1.165, 1.54) is 8.61 Å². The monoisotopic (exact) mass is 250 g/mol.